The highest BCUT2D eigenvalue weighted by Crippen LogP contribution is 2.32. The van der Waals surface area contributed by atoms with Gasteiger partial charge >= 0.3 is 5.97 Å². The fraction of sp³-hybridized carbons (Fsp3) is 0.133. The Morgan fingerprint density at radius 3 is 2.80 bits per heavy atom. The molecule has 0 aliphatic carbocycles. The van der Waals surface area contributed by atoms with Crippen molar-refractivity contribution in [2.75, 3.05) is 0 Å². The van der Waals surface area contributed by atoms with Crippen LogP contribution in [0, 0.1) is 0 Å². The third-order valence-corrected chi connectivity index (χ3v) is 4.24. The lowest BCUT2D eigenvalue weighted by atomic mass is 10.1. The van der Waals surface area contributed by atoms with Crippen LogP contribution in [0.2, 0.25) is 0 Å². The number of aromatic carboxylic acids is 1. The lowest BCUT2D eigenvalue weighted by Crippen LogP contribution is -1.97. The van der Waals surface area contributed by atoms with Crippen molar-refractivity contribution >= 4 is 28.1 Å². The van der Waals surface area contributed by atoms with Crippen LogP contribution in [0.1, 0.15) is 22.3 Å². The Hall–Kier alpha value is -2.27. The van der Waals surface area contributed by atoms with E-state index >= 15 is 0 Å². The number of rotatable bonds is 3. The first kappa shape index (κ1) is 12.7. The van der Waals surface area contributed by atoms with Gasteiger partial charge in [0.25, 0.3) is 0 Å². The number of hydrogen-bond acceptors (Lipinski definition) is 4. The molecule has 0 spiro atoms. The molecule has 2 aromatic heterocycles. The minimum absolute atomic E-state index is 0.315. The highest BCUT2D eigenvalue weighted by atomic mass is 32.1. The number of pyridine rings is 1. The third kappa shape index (κ3) is 2.06. The van der Waals surface area contributed by atoms with E-state index in [0.717, 1.165) is 16.3 Å². The molecule has 0 aliphatic rings. The minimum Gasteiger partial charge on any atom is -0.477 e. The first-order valence-electron chi connectivity index (χ1n) is 6.26. The number of aryl methyl sites for hydroxylation is 1. The zero-order chi connectivity index (χ0) is 14.1. The molecule has 0 saturated heterocycles. The summed E-state index contributed by atoms with van der Waals surface area (Å²) in [7, 11) is 0. The summed E-state index contributed by atoms with van der Waals surface area (Å²) in [5.41, 5.74) is 1.51. The number of hydrogen-bond donors (Lipinski definition) is 1. The van der Waals surface area contributed by atoms with E-state index in [-0.39, 0.29) is 0 Å². The average Bonchev–Trinajstić information content (AvgIpc) is 2.91. The molecular formula is C15H12N2O2S. The summed E-state index contributed by atoms with van der Waals surface area (Å²) >= 11 is 1.21. The molecule has 100 valence electrons. The van der Waals surface area contributed by atoms with Crippen LogP contribution in [0.15, 0.2) is 36.7 Å². The monoisotopic (exact) mass is 284 g/mol. The second kappa shape index (κ2) is 5.02. The zero-order valence-corrected chi connectivity index (χ0v) is 11.6. The highest BCUT2D eigenvalue weighted by molar-refractivity contribution is 7.17. The van der Waals surface area contributed by atoms with Gasteiger partial charge in [-0.3, -0.25) is 4.98 Å². The number of carbonyl (C=O) groups is 1. The van der Waals surface area contributed by atoms with Crippen molar-refractivity contribution in [3.8, 4) is 10.6 Å². The molecule has 1 aromatic carbocycles. The fourth-order valence-corrected chi connectivity index (χ4v) is 3.18. The summed E-state index contributed by atoms with van der Waals surface area (Å²) < 4.78 is 0. The maximum Gasteiger partial charge on any atom is 0.347 e. The number of carboxylic acid groups (broad SMARTS) is 1. The molecule has 0 amide bonds. The quantitative estimate of drug-likeness (QED) is 0.798. The van der Waals surface area contributed by atoms with Gasteiger partial charge in [0.15, 0.2) is 0 Å². The summed E-state index contributed by atoms with van der Waals surface area (Å²) in [6.07, 6.45) is 4.15. The smallest absolute Gasteiger partial charge is 0.347 e. The molecule has 0 saturated carbocycles. The average molecular weight is 284 g/mol. The first-order valence-corrected chi connectivity index (χ1v) is 7.08. The highest BCUT2D eigenvalue weighted by Gasteiger charge is 2.18. The molecular weight excluding hydrogens is 272 g/mol. The van der Waals surface area contributed by atoms with E-state index in [2.05, 4.69) is 9.97 Å². The number of benzene rings is 1. The first-order chi connectivity index (χ1) is 9.70. The Balaban J connectivity index is 2.23. The lowest BCUT2D eigenvalue weighted by molar-refractivity contribution is 0.0701. The van der Waals surface area contributed by atoms with Crippen LogP contribution in [0.25, 0.3) is 21.3 Å². The van der Waals surface area contributed by atoms with Crippen LogP contribution in [0.5, 0.6) is 0 Å². The van der Waals surface area contributed by atoms with Gasteiger partial charge in [-0.25, -0.2) is 9.78 Å². The van der Waals surface area contributed by atoms with E-state index in [1.54, 1.807) is 12.4 Å². The molecule has 0 radical (unpaired) electrons. The van der Waals surface area contributed by atoms with E-state index < -0.39 is 5.97 Å². The third-order valence-electron chi connectivity index (χ3n) is 3.13. The van der Waals surface area contributed by atoms with Gasteiger partial charge in [0.1, 0.15) is 9.88 Å². The van der Waals surface area contributed by atoms with E-state index in [1.165, 1.54) is 11.3 Å². The number of thiazole rings is 1. The van der Waals surface area contributed by atoms with Crippen LogP contribution in [-0.4, -0.2) is 21.0 Å². The van der Waals surface area contributed by atoms with Crippen LogP contribution < -0.4 is 0 Å². The normalized spacial score (nSPS) is 10.8. The van der Waals surface area contributed by atoms with Gasteiger partial charge in [0.2, 0.25) is 0 Å². The van der Waals surface area contributed by atoms with Crippen molar-refractivity contribution in [1.29, 1.82) is 0 Å². The van der Waals surface area contributed by atoms with Crippen molar-refractivity contribution in [2.24, 2.45) is 0 Å². The lowest BCUT2D eigenvalue weighted by Gasteiger charge is -2.02. The summed E-state index contributed by atoms with van der Waals surface area (Å²) in [5.74, 6) is -0.918. The number of nitrogens with zero attached hydrogens (tertiary/aromatic N) is 2. The topological polar surface area (TPSA) is 63.1 Å². The van der Waals surface area contributed by atoms with Crippen molar-refractivity contribution in [3.05, 3.63) is 47.2 Å². The number of carboxylic acids is 1. The maximum absolute atomic E-state index is 11.2. The van der Waals surface area contributed by atoms with Crippen molar-refractivity contribution in [2.45, 2.75) is 13.3 Å². The summed E-state index contributed by atoms with van der Waals surface area (Å²) in [6, 6.07) is 7.89. The molecule has 3 aromatic rings. The van der Waals surface area contributed by atoms with Gasteiger partial charge in [-0.1, -0.05) is 31.2 Å². The molecule has 2 heterocycles. The van der Waals surface area contributed by atoms with Crippen LogP contribution >= 0.6 is 11.3 Å². The summed E-state index contributed by atoms with van der Waals surface area (Å²) in [4.78, 5) is 20.2. The molecule has 3 rings (SSSR count). The molecule has 4 nitrogen and oxygen atoms in total. The van der Waals surface area contributed by atoms with Gasteiger partial charge in [-0.05, 0) is 11.8 Å². The summed E-state index contributed by atoms with van der Waals surface area (Å²) in [5, 5.41) is 12.0. The second-order valence-corrected chi connectivity index (χ2v) is 5.36. The van der Waals surface area contributed by atoms with Gasteiger partial charge in [-0.2, -0.15) is 0 Å². The Kier molecular flexibility index (Phi) is 3.20. The van der Waals surface area contributed by atoms with Crippen molar-refractivity contribution in [1.82, 2.24) is 9.97 Å². The maximum atomic E-state index is 11.2. The standard InChI is InChI=1S/C15H12N2O2S/c1-2-12-13(15(18)19)20-14(17-12)11-8-16-7-9-5-3-4-6-10(9)11/h3-8H,2H2,1H3,(H,18,19). The summed E-state index contributed by atoms with van der Waals surface area (Å²) in [6.45, 7) is 1.91. The fourth-order valence-electron chi connectivity index (χ4n) is 2.16. The van der Waals surface area contributed by atoms with Crippen LogP contribution in [0.4, 0.5) is 0 Å². The van der Waals surface area contributed by atoms with Crippen LogP contribution in [0.3, 0.4) is 0 Å². The van der Waals surface area contributed by atoms with Gasteiger partial charge < -0.3 is 5.11 Å². The predicted octanol–water partition coefficient (Wildman–Crippen LogP) is 3.62. The molecule has 1 N–H and O–H groups in total. The van der Waals surface area contributed by atoms with E-state index in [0.29, 0.717) is 22.0 Å². The Bertz CT molecular complexity index is 790. The SMILES string of the molecule is CCc1nc(-c2cncc3ccccc23)sc1C(=O)O. The Labute approximate surface area is 119 Å². The molecule has 20 heavy (non-hydrogen) atoms. The van der Waals surface area contributed by atoms with Gasteiger partial charge in [-0.15, -0.1) is 11.3 Å². The Morgan fingerprint density at radius 2 is 2.10 bits per heavy atom. The number of fused-ring (bicyclic) bond motifs is 1. The molecule has 0 fully saturated rings. The van der Waals surface area contributed by atoms with Crippen LogP contribution in [-0.2, 0) is 6.42 Å². The van der Waals surface area contributed by atoms with Crippen molar-refractivity contribution in [3.63, 3.8) is 0 Å². The zero-order valence-electron chi connectivity index (χ0n) is 10.8. The molecule has 0 bridgehead atoms. The van der Waals surface area contributed by atoms with Crippen molar-refractivity contribution < 1.29 is 9.90 Å². The van der Waals surface area contributed by atoms with Gasteiger partial charge in [0.05, 0.1) is 5.69 Å². The van der Waals surface area contributed by atoms with E-state index in [9.17, 15) is 9.90 Å². The molecule has 0 atom stereocenters. The van der Waals surface area contributed by atoms with E-state index in [1.807, 2.05) is 31.2 Å². The van der Waals surface area contributed by atoms with E-state index in [4.69, 9.17) is 0 Å². The predicted molar refractivity (Wildman–Crippen MR) is 79.2 cm³/mol. The molecule has 5 heteroatoms. The molecule has 0 aliphatic heterocycles. The number of aromatic nitrogens is 2. The molecule has 0 unspecified atom stereocenters. The largest absolute Gasteiger partial charge is 0.477 e. The minimum atomic E-state index is -0.918. The second-order valence-electron chi connectivity index (χ2n) is 4.36. The Morgan fingerprint density at radius 1 is 1.30 bits per heavy atom. The van der Waals surface area contributed by atoms with Gasteiger partial charge in [0, 0.05) is 23.3 Å².